The molecule has 0 unspecified atom stereocenters. The normalized spacial score (nSPS) is 27.1. The molecule has 1 saturated heterocycles. The summed E-state index contributed by atoms with van der Waals surface area (Å²) in [6, 6.07) is 8.47. The summed E-state index contributed by atoms with van der Waals surface area (Å²) in [4.78, 5) is 2.62. The largest absolute Gasteiger partial charge is 0.488 e. The van der Waals surface area contributed by atoms with Gasteiger partial charge in [-0.25, -0.2) is 0 Å². The van der Waals surface area contributed by atoms with Crippen molar-refractivity contribution in [2.45, 2.75) is 51.1 Å². The van der Waals surface area contributed by atoms with Crippen LogP contribution >= 0.6 is 0 Å². The first kappa shape index (κ1) is 14.1. The van der Waals surface area contributed by atoms with Crippen molar-refractivity contribution >= 4 is 12.6 Å². The third-order valence-electron chi connectivity index (χ3n) is 4.99. The highest BCUT2D eigenvalue weighted by molar-refractivity contribution is 6.58. The fraction of sp³-hybridized carbons (Fsp3) is 0.625. The SMILES string of the molecule is OB(O)c1cccc(CN2CCC[C@H]3CCCC[C@H]32)c1. The van der Waals surface area contributed by atoms with Gasteiger partial charge in [0.15, 0.2) is 0 Å². The molecule has 4 heteroatoms. The van der Waals surface area contributed by atoms with Crippen LogP contribution in [0.4, 0.5) is 0 Å². The van der Waals surface area contributed by atoms with E-state index < -0.39 is 7.12 Å². The fourth-order valence-corrected chi connectivity index (χ4v) is 4.01. The lowest BCUT2D eigenvalue weighted by molar-refractivity contribution is 0.0547. The van der Waals surface area contributed by atoms with Crippen LogP contribution < -0.4 is 5.46 Å². The molecule has 3 rings (SSSR count). The number of rotatable bonds is 3. The zero-order valence-electron chi connectivity index (χ0n) is 12.0. The van der Waals surface area contributed by atoms with Crippen molar-refractivity contribution in [3.05, 3.63) is 29.8 Å². The van der Waals surface area contributed by atoms with Crippen LogP contribution in [0.2, 0.25) is 0 Å². The van der Waals surface area contributed by atoms with E-state index in [0.717, 1.165) is 18.5 Å². The van der Waals surface area contributed by atoms with Gasteiger partial charge in [-0.1, -0.05) is 37.1 Å². The van der Waals surface area contributed by atoms with Gasteiger partial charge in [0.1, 0.15) is 0 Å². The van der Waals surface area contributed by atoms with Gasteiger partial charge in [0.25, 0.3) is 0 Å². The van der Waals surface area contributed by atoms with E-state index in [-0.39, 0.29) is 0 Å². The van der Waals surface area contributed by atoms with Crippen molar-refractivity contribution in [2.24, 2.45) is 5.92 Å². The number of nitrogens with zero attached hydrogens (tertiary/aromatic N) is 1. The Bertz CT molecular complexity index is 450. The second-order valence-electron chi connectivity index (χ2n) is 6.34. The number of hydrogen-bond donors (Lipinski definition) is 2. The summed E-state index contributed by atoms with van der Waals surface area (Å²) in [7, 11) is -1.36. The van der Waals surface area contributed by atoms with Gasteiger partial charge in [-0.3, -0.25) is 4.90 Å². The van der Waals surface area contributed by atoms with Crippen LogP contribution in [0.25, 0.3) is 0 Å². The Labute approximate surface area is 121 Å². The third kappa shape index (κ3) is 3.08. The average Bonchev–Trinajstić information content (AvgIpc) is 2.48. The van der Waals surface area contributed by atoms with Gasteiger partial charge < -0.3 is 10.0 Å². The molecule has 2 atom stereocenters. The fourth-order valence-electron chi connectivity index (χ4n) is 4.01. The summed E-state index contributed by atoms with van der Waals surface area (Å²) in [5, 5.41) is 18.6. The maximum absolute atomic E-state index is 9.28. The minimum atomic E-state index is -1.36. The zero-order valence-corrected chi connectivity index (χ0v) is 12.0. The molecular formula is C16H24BNO2. The van der Waals surface area contributed by atoms with E-state index in [1.54, 1.807) is 6.07 Å². The van der Waals surface area contributed by atoms with E-state index in [1.807, 2.05) is 12.1 Å². The van der Waals surface area contributed by atoms with Gasteiger partial charge in [-0.15, -0.1) is 0 Å². The Morgan fingerprint density at radius 2 is 1.90 bits per heavy atom. The van der Waals surface area contributed by atoms with Gasteiger partial charge in [-0.05, 0) is 49.2 Å². The predicted molar refractivity (Wildman–Crippen MR) is 81.7 cm³/mol. The molecule has 2 N–H and O–H groups in total. The van der Waals surface area contributed by atoms with Crippen molar-refractivity contribution in [1.82, 2.24) is 4.90 Å². The van der Waals surface area contributed by atoms with Crippen LogP contribution in [0.15, 0.2) is 24.3 Å². The summed E-state index contributed by atoms with van der Waals surface area (Å²) in [5.41, 5.74) is 1.79. The molecule has 2 fully saturated rings. The summed E-state index contributed by atoms with van der Waals surface area (Å²) in [6.45, 7) is 2.13. The minimum absolute atomic E-state index is 0.597. The van der Waals surface area contributed by atoms with Crippen LogP contribution in [-0.2, 0) is 6.54 Å². The Morgan fingerprint density at radius 3 is 2.75 bits per heavy atom. The molecule has 0 aromatic heterocycles. The first-order valence-corrected chi connectivity index (χ1v) is 7.93. The van der Waals surface area contributed by atoms with Crippen LogP contribution in [0, 0.1) is 5.92 Å². The van der Waals surface area contributed by atoms with Crippen LogP contribution in [0.5, 0.6) is 0 Å². The highest BCUT2D eigenvalue weighted by Crippen LogP contribution is 2.35. The minimum Gasteiger partial charge on any atom is -0.423 e. The molecule has 1 saturated carbocycles. The summed E-state index contributed by atoms with van der Waals surface area (Å²) in [6.07, 6.45) is 8.22. The Balaban J connectivity index is 1.71. The first-order chi connectivity index (χ1) is 9.74. The maximum atomic E-state index is 9.28. The Morgan fingerprint density at radius 1 is 1.10 bits per heavy atom. The molecule has 1 aromatic carbocycles. The lowest BCUT2D eigenvalue weighted by Gasteiger charge is -2.44. The standard InChI is InChI=1S/C16H24BNO2/c19-17(20)15-8-3-5-13(11-15)12-18-10-4-7-14-6-1-2-9-16(14)18/h3,5,8,11,14,16,19-20H,1-2,4,6-7,9-10,12H2/t14-,16-/m1/s1. The highest BCUT2D eigenvalue weighted by Gasteiger charge is 2.32. The smallest absolute Gasteiger partial charge is 0.423 e. The van der Waals surface area contributed by atoms with Gasteiger partial charge in [0, 0.05) is 12.6 Å². The molecule has 1 heterocycles. The molecule has 0 radical (unpaired) electrons. The van der Waals surface area contributed by atoms with E-state index in [1.165, 1.54) is 50.6 Å². The Hall–Kier alpha value is -0.835. The summed E-state index contributed by atoms with van der Waals surface area (Å²) >= 11 is 0. The van der Waals surface area contributed by atoms with E-state index in [9.17, 15) is 10.0 Å². The van der Waals surface area contributed by atoms with Crippen LogP contribution in [-0.4, -0.2) is 34.7 Å². The van der Waals surface area contributed by atoms with E-state index in [2.05, 4.69) is 11.0 Å². The molecular weight excluding hydrogens is 249 g/mol. The van der Waals surface area contributed by atoms with Gasteiger partial charge >= 0.3 is 7.12 Å². The molecule has 0 amide bonds. The number of likely N-dealkylation sites (tertiary alicyclic amines) is 1. The van der Waals surface area contributed by atoms with E-state index in [4.69, 9.17) is 0 Å². The molecule has 108 valence electrons. The van der Waals surface area contributed by atoms with Gasteiger partial charge in [-0.2, -0.15) is 0 Å². The quantitative estimate of drug-likeness (QED) is 0.821. The van der Waals surface area contributed by atoms with Crippen molar-refractivity contribution in [3.8, 4) is 0 Å². The lowest BCUT2D eigenvalue weighted by Crippen LogP contribution is -2.46. The zero-order chi connectivity index (χ0) is 13.9. The van der Waals surface area contributed by atoms with Crippen molar-refractivity contribution in [2.75, 3.05) is 6.54 Å². The van der Waals surface area contributed by atoms with Crippen molar-refractivity contribution in [1.29, 1.82) is 0 Å². The topological polar surface area (TPSA) is 43.7 Å². The molecule has 2 aliphatic rings. The van der Waals surface area contributed by atoms with Crippen molar-refractivity contribution in [3.63, 3.8) is 0 Å². The van der Waals surface area contributed by atoms with Crippen LogP contribution in [0.1, 0.15) is 44.1 Å². The number of hydrogen-bond acceptors (Lipinski definition) is 3. The molecule has 3 nitrogen and oxygen atoms in total. The first-order valence-electron chi connectivity index (χ1n) is 7.93. The second-order valence-corrected chi connectivity index (χ2v) is 6.34. The van der Waals surface area contributed by atoms with E-state index in [0.29, 0.717) is 5.46 Å². The van der Waals surface area contributed by atoms with Crippen molar-refractivity contribution < 1.29 is 10.0 Å². The third-order valence-corrected chi connectivity index (χ3v) is 4.99. The second kappa shape index (κ2) is 6.29. The van der Waals surface area contributed by atoms with E-state index >= 15 is 0 Å². The monoisotopic (exact) mass is 273 g/mol. The van der Waals surface area contributed by atoms with Gasteiger partial charge in [0.2, 0.25) is 0 Å². The van der Waals surface area contributed by atoms with Crippen LogP contribution in [0.3, 0.4) is 0 Å². The molecule has 0 bridgehead atoms. The number of benzene rings is 1. The lowest BCUT2D eigenvalue weighted by atomic mass is 9.77. The summed E-state index contributed by atoms with van der Waals surface area (Å²) in [5.74, 6) is 0.893. The highest BCUT2D eigenvalue weighted by atomic mass is 16.4. The molecule has 1 aliphatic carbocycles. The number of fused-ring (bicyclic) bond motifs is 1. The molecule has 1 aliphatic heterocycles. The number of piperidine rings is 1. The average molecular weight is 273 g/mol. The molecule has 20 heavy (non-hydrogen) atoms. The van der Waals surface area contributed by atoms with Gasteiger partial charge in [0.05, 0.1) is 0 Å². The predicted octanol–water partition coefficient (Wildman–Crippen LogP) is 1.52. The summed E-state index contributed by atoms with van der Waals surface area (Å²) < 4.78 is 0. The molecule has 0 spiro atoms. The molecule has 1 aromatic rings. The Kier molecular flexibility index (Phi) is 4.44. The maximum Gasteiger partial charge on any atom is 0.488 e.